The fraction of sp³-hybridized carbons (Fsp3) is 0.211. The van der Waals surface area contributed by atoms with Crippen molar-refractivity contribution >= 4 is 17.7 Å². The Labute approximate surface area is 141 Å². The molecular formula is C19H20N2O3. The van der Waals surface area contributed by atoms with Gasteiger partial charge in [-0.05, 0) is 37.5 Å². The molecule has 124 valence electrons. The molecule has 5 heteroatoms. The predicted octanol–water partition coefficient (Wildman–Crippen LogP) is 3.75. The third kappa shape index (κ3) is 5.35. The number of benzene rings is 2. The first-order valence-electron chi connectivity index (χ1n) is 7.82. The van der Waals surface area contributed by atoms with Crippen molar-refractivity contribution in [3.63, 3.8) is 0 Å². The van der Waals surface area contributed by atoms with Gasteiger partial charge in [0.1, 0.15) is 0 Å². The second-order valence-electron chi connectivity index (χ2n) is 5.58. The Balaban J connectivity index is 1.87. The molecule has 2 aromatic carbocycles. The number of carbonyl (C=O) groups is 1. The van der Waals surface area contributed by atoms with Gasteiger partial charge in [-0.15, -0.1) is 0 Å². The molecule has 1 unspecified atom stereocenters. The molecule has 1 N–H and O–H groups in total. The molecule has 0 heterocycles. The molecule has 0 saturated carbocycles. The monoisotopic (exact) mass is 324 g/mol. The smallest absolute Gasteiger partial charge is 0.276 e. The lowest BCUT2D eigenvalue weighted by Crippen LogP contribution is -2.31. The van der Waals surface area contributed by atoms with Gasteiger partial charge in [0.2, 0.25) is 5.91 Å². The summed E-state index contributed by atoms with van der Waals surface area (Å²) in [4.78, 5) is 22.4. The van der Waals surface area contributed by atoms with Gasteiger partial charge in [-0.1, -0.05) is 42.5 Å². The van der Waals surface area contributed by atoms with E-state index in [0.717, 1.165) is 12.8 Å². The Bertz CT molecular complexity index is 726. The molecule has 1 amide bonds. The van der Waals surface area contributed by atoms with Gasteiger partial charge in [-0.3, -0.25) is 14.9 Å². The molecule has 5 nitrogen and oxygen atoms in total. The lowest BCUT2D eigenvalue weighted by Gasteiger charge is -2.12. The van der Waals surface area contributed by atoms with Crippen LogP contribution in [0, 0.1) is 10.1 Å². The summed E-state index contributed by atoms with van der Waals surface area (Å²) in [5, 5.41) is 13.8. The van der Waals surface area contributed by atoms with Crippen LogP contribution in [0.2, 0.25) is 0 Å². The van der Waals surface area contributed by atoms with E-state index in [2.05, 4.69) is 17.4 Å². The predicted molar refractivity (Wildman–Crippen MR) is 94.5 cm³/mol. The van der Waals surface area contributed by atoms with Crippen LogP contribution in [-0.4, -0.2) is 16.9 Å². The first kappa shape index (κ1) is 17.4. The Morgan fingerprint density at radius 2 is 1.83 bits per heavy atom. The Morgan fingerprint density at radius 3 is 2.54 bits per heavy atom. The molecule has 0 fully saturated rings. The maximum Gasteiger partial charge on any atom is 0.276 e. The van der Waals surface area contributed by atoms with Crippen LogP contribution in [0.4, 0.5) is 5.69 Å². The van der Waals surface area contributed by atoms with Gasteiger partial charge < -0.3 is 5.32 Å². The highest BCUT2D eigenvalue weighted by atomic mass is 16.6. The molecule has 0 saturated heterocycles. The lowest BCUT2D eigenvalue weighted by atomic mass is 10.1. The van der Waals surface area contributed by atoms with Crippen molar-refractivity contribution in [2.24, 2.45) is 0 Å². The van der Waals surface area contributed by atoms with Crippen molar-refractivity contribution < 1.29 is 9.72 Å². The van der Waals surface area contributed by atoms with Crippen LogP contribution < -0.4 is 5.32 Å². The minimum absolute atomic E-state index is 0.0151. The van der Waals surface area contributed by atoms with Crippen LogP contribution >= 0.6 is 0 Å². The molecule has 0 spiro atoms. The number of nitrogens with one attached hydrogen (secondary N) is 1. The van der Waals surface area contributed by atoms with E-state index in [0.29, 0.717) is 5.56 Å². The lowest BCUT2D eigenvalue weighted by molar-refractivity contribution is -0.385. The number of hydrogen-bond acceptors (Lipinski definition) is 3. The second-order valence-corrected chi connectivity index (χ2v) is 5.58. The molecule has 1 atom stereocenters. The summed E-state index contributed by atoms with van der Waals surface area (Å²) in [7, 11) is 0. The third-order valence-electron chi connectivity index (χ3n) is 3.65. The number of rotatable bonds is 7. The van der Waals surface area contributed by atoms with Crippen LogP contribution in [0.5, 0.6) is 0 Å². The molecule has 0 aliphatic carbocycles. The summed E-state index contributed by atoms with van der Waals surface area (Å²) in [6.07, 6.45) is 4.52. The fourth-order valence-corrected chi connectivity index (χ4v) is 2.35. The van der Waals surface area contributed by atoms with E-state index in [1.165, 1.54) is 23.8 Å². The van der Waals surface area contributed by atoms with Gasteiger partial charge in [0.05, 0.1) is 10.5 Å². The van der Waals surface area contributed by atoms with E-state index in [9.17, 15) is 14.9 Å². The van der Waals surface area contributed by atoms with Crippen molar-refractivity contribution in [1.82, 2.24) is 5.32 Å². The standard InChI is InChI=1S/C19H20N2O3/c1-15(11-12-16-7-3-2-4-8-16)20-19(22)14-13-17-9-5-6-10-18(17)21(23)24/h2-10,13-15H,11-12H2,1H3,(H,20,22)/b14-13+. The molecule has 24 heavy (non-hydrogen) atoms. The fourth-order valence-electron chi connectivity index (χ4n) is 2.35. The van der Waals surface area contributed by atoms with Crippen LogP contribution in [0.3, 0.4) is 0 Å². The van der Waals surface area contributed by atoms with Crippen LogP contribution in [-0.2, 0) is 11.2 Å². The molecule has 0 aliphatic heterocycles. The first-order chi connectivity index (χ1) is 11.6. The van der Waals surface area contributed by atoms with Crippen molar-refractivity contribution in [2.75, 3.05) is 0 Å². The van der Waals surface area contributed by atoms with E-state index in [-0.39, 0.29) is 17.6 Å². The number of hydrogen-bond donors (Lipinski definition) is 1. The number of nitrogens with zero attached hydrogens (tertiary/aromatic N) is 1. The van der Waals surface area contributed by atoms with Crippen molar-refractivity contribution in [2.45, 2.75) is 25.8 Å². The van der Waals surface area contributed by atoms with Gasteiger partial charge in [0.25, 0.3) is 5.69 Å². The third-order valence-corrected chi connectivity index (χ3v) is 3.65. The summed E-state index contributed by atoms with van der Waals surface area (Å²) in [5.41, 5.74) is 1.63. The van der Waals surface area contributed by atoms with E-state index in [4.69, 9.17) is 0 Å². The largest absolute Gasteiger partial charge is 0.350 e. The zero-order valence-electron chi connectivity index (χ0n) is 13.5. The van der Waals surface area contributed by atoms with Crippen molar-refractivity contribution in [3.8, 4) is 0 Å². The van der Waals surface area contributed by atoms with E-state index in [1.807, 2.05) is 25.1 Å². The van der Waals surface area contributed by atoms with Gasteiger partial charge in [0, 0.05) is 18.2 Å². The Hall–Kier alpha value is -2.95. The topological polar surface area (TPSA) is 72.2 Å². The normalized spacial score (nSPS) is 12.0. The molecule has 2 aromatic rings. The van der Waals surface area contributed by atoms with Crippen molar-refractivity contribution in [1.29, 1.82) is 0 Å². The van der Waals surface area contributed by atoms with E-state index >= 15 is 0 Å². The number of nitro benzene ring substituents is 1. The van der Waals surface area contributed by atoms with Gasteiger partial charge >= 0.3 is 0 Å². The Kier molecular flexibility index (Phi) is 6.25. The average molecular weight is 324 g/mol. The van der Waals surface area contributed by atoms with E-state index in [1.54, 1.807) is 18.2 Å². The summed E-state index contributed by atoms with van der Waals surface area (Å²) in [6, 6.07) is 16.4. The molecule has 0 radical (unpaired) electrons. The molecule has 2 rings (SSSR count). The van der Waals surface area contributed by atoms with Gasteiger partial charge in [-0.2, -0.15) is 0 Å². The second kappa shape index (κ2) is 8.62. The number of para-hydroxylation sites is 1. The Morgan fingerprint density at radius 1 is 1.17 bits per heavy atom. The summed E-state index contributed by atoms with van der Waals surface area (Å²) >= 11 is 0. The average Bonchev–Trinajstić information content (AvgIpc) is 2.59. The summed E-state index contributed by atoms with van der Waals surface area (Å²) in [6.45, 7) is 1.94. The first-order valence-corrected chi connectivity index (χ1v) is 7.82. The van der Waals surface area contributed by atoms with Crippen LogP contribution in [0.25, 0.3) is 6.08 Å². The number of aryl methyl sites for hydroxylation is 1. The molecule has 0 aliphatic rings. The van der Waals surface area contributed by atoms with E-state index < -0.39 is 4.92 Å². The maximum atomic E-state index is 12.0. The quantitative estimate of drug-likeness (QED) is 0.479. The minimum Gasteiger partial charge on any atom is -0.350 e. The van der Waals surface area contributed by atoms with Crippen LogP contribution in [0.15, 0.2) is 60.7 Å². The van der Waals surface area contributed by atoms with Crippen molar-refractivity contribution in [3.05, 3.63) is 81.9 Å². The SMILES string of the molecule is CC(CCc1ccccc1)NC(=O)/C=C/c1ccccc1[N+](=O)[O-]. The van der Waals surface area contributed by atoms with Gasteiger partial charge in [-0.25, -0.2) is 0 Å². The molecule has 0 aromatic heterocycles. The number of carbonyl (C=O) groups excluding carboxylic acids is 1. The number of amides is 1. The highest BCUT2D eigenvalue weighted by molar-refractivity contribution is 5.92. The van der Waals surface area contributed by atoms with Gasteiger partial charge in [0.15, 0.2) is 0 Å². The van der Waals surface area contributed by atoms with Crippen LogP contribution in [0.1, 0.15) is 24.5 Å². The molecule has 0 bridgehead atoms. The zero-order valence-corrected chi connectivity index (χ0v) is 13.5. The minimum atomic E-state index is -0.458. The summed E-state index contributed by atoms with van der Waals surface area (Å²) < 4.78 is 0. The molecular weight excluding hydrogens is 304 g/mol. The number of nitro groups is 1. The highest BCUT2D eigenvalue weighted by Crippen LogP contribution is 2.18. The summed E-state index contributed by atoms with van der Waals surface area (Å²) in [5.74, 6) is -0.256. The maximum absolute atomic E-state index is 12.0. The highest BCUT2D eigenvalue weighted by Gasteiger charge is 2.10. The zero-order chi connectivity index (χ0) is 17.4.